The molecule has 9 heteroatoms. The lowest BCUT2D eigenvalue weighted by molar-refractivity contribution is -0.127. The van der Waals surface area contributed by atoms with Gasteiger partial charge < -0.3 is 9.64 Å². The van der Waals surface area contributed by atoms with Crippen molar-refractivity contribution in [2.45, 2.75) is 56.7 Å². The third kappa shape index (κ3) is 3.85. The predicted molar refractivity (Wildman–Crippen MR) is 97.0 cm³/mol. The third-order valence-electron chi connectivity index (χ3n) is 6.12. The molecule has 1 amide bonds. The molecule has 1 aromatic carbocycles. The van der Waals surface area contributed by atoms with E-state index in [1.807, 2.05) is 0 Å². The first-order valence-corrected chi connectivity index (χ1v) is 10.0. The maximum Gasteiger partial charge on any atom is 0.223 e. The van der Waals surface area contributed by atoms with Crippen molar-refractivity contribution in [2.24, 2.45) is 0 Å². The number of carbonyl (C=O) groups excluding carboxylic acids is 1. The van der Waals surface area contributed by atoms with Crippen LogP contribution in [0.4, 0.5) is 22.0 Å². The molecule has 4 nitrogen and oxygen atoms in total. The monoisotopic (exact) mass is 428 g/mol. The quantitative estimate of drug-likeness (QED) is 0.319. The SMILES string of the molecule is O=C1CCCN1CC#CCN1C2CCC1CC(Oc1c(F)c(F)c(F)c(F)c1F)C2. The number of hydrogen-bond donors (Lipinski definition) is 0. The summed E-state index contributed by atoms with van der Waals surface area (Å²) < 4.78 is 73.1. The van der Waals surface area contributed by atoms with Crippen LogP contribution in [0.25, 0.3) is 0 Å². The first kappa shape index (κ1) is 20.9. The van der Waals surface area contributed by atoms with Gasteiger partial charge in [-0.25, -0.2) is 13.2 Å². The Morgan fingerprint density at radius 3 is 2.00 bits per heavy atom. The van der Waals surface area contributed by atoms with Crippen LogP contribution in [-0.4, -0.2) is 53.5 Å². The summed E-state index contributed by atoms with van der Waals surface area (Å²) >= 11 is 0. The van der Waals surface area contributed by atoms with E-state index in [4.69, 9.17) is 4.74 Å². The van der Waals surface area contributed by atoms with E-state index in [0.29, 0.717) is 32.4 Å². The zero-order valence-electron chi connectivity index (χ0n) is 16.2. The smallest absolute Gasteiger partial charge is 0.223 e. The van der Waals surface area contributed by atoms with Gasteiger partial charge in [0, 0.05) is 25.0 Å². The van der Waals surface area contributed by atoms with Crippen molar-refractivity contribution in [1.82, 2.24) is 9.80 Å². The second-order valence-corrected chi connectivity index (χ2v) is 7.94. The minimum atomic E-state index is -2.19. The molecule has 3 saturated heterocycles. The molecule has 0 radical (unpaired) electrons. The van der Waals surface area contributed by atoms with Gasteiger partial charge in [0.15, 0.2) is 5.75 Å². The van der Waals surface area contributed by atoms with Crippen LogP contribution in [0, 0.1) is 40.9 Å². The zero-order valence-corrected chi connectivity index (χ0v) is 16.2. The highest BCUT2D eigenvalue weighted by atomic mass is 19.2. The molecule has 30 heavy (non-hydrogen) atoms. The molecule has 0 aliphatic carbocycles. The van der Waals surface area contributed by atoms with E-state index in [2.05, 4.69) is 16.7 Å². The van der Waals surface area contributed by atoms with Gasteiger partial charge in [0.25, 0.3) is 0 Å². The van der Waals surface area contributed by atoms with Crippen molar-refractivity contribution in [3.8, 4) is 17.6 Å². The van der Waals surface area contributed by atoms with E-state index in [-0.39, 0.29) is 18.0 Å². The van der Waals surface area contributed by atoms with Crippen LogP contribution in [0.2, 0.25) is 0 Å². The molecule has 1 aromatic rings. The Bertz CT molecular complexity index is 870. The topological polar surface area (TPSA) is 32.8 Å². The standard InChI is InChI=1S/C21H21F5N2O2/c22-16-17(23)19(25)21(20(26)18(16)24)30-14-10-12-5-6-13(11-14)28(12)9-2-1-7-27-8-3-4-15(27)29/h12-14H,3-11H2. The molecule has 2 bridgehead atoms. The molecule has 0 saturated carbocycles. The van der Waals surface area contributed by atoms with Gasteiger partial charge in [-0.2, -0.15) is 8.78 Å². The Hall–Kier alpha value is -2.34. The number of ether oxygens (including phenoxy) is 1. The number of fused-ring (bicyclic) bond motifs is 2. The van der Waals surface area contributed by atoms with Crippen LogP contribution in [0.15, 0.2) is 0 Å². The molecule has 162 valence electrons. The van der Waals surface area contributed by atoms with Crippen LogP contribution in [0.3, 0.4) is 0 Å². The van der Waals surface area contributed by atoms with Crippen molar-refractivity contribution in [2.75, 3.05) is 19.6 Å². The summed E-state index contributed by atoms with van der Waals surface area (Å²) in [6.45, 7) is 1.65. The molecule has 0 spiro atoms. The summed E-state index contributed by atoms with van der Waals surface area (Å²) in [7, 11) is 0. The number of benzene rings is 1. The molecule has 2 unspecified atom stereocenters. The normalized spacial score (nSPS) is 26.1. The molecule has 2 atom stereocenters. The molecular formula is C21H21F5N2O2. The fourth-order valence-corrected chi connectivity index (χ4v) is 4.60. The molecule has 0 aromatic heterocycles. The zero-order chi connectivity index (χ0) is 21.4. The first-order chi connectivity index (χ1) is 14.4. The van der Waals surface area contributed by atoms with E-state index < -0.39 is 40.9 Å². The summed E-state index contributed by atoms with van der Waals surface area (Å²) in [5, 5.41) is 0. The molecular weight excluding hydrogens is 407 g/mol. The lowest BCUT2D eigenvalue weighted by Crippen LogP contribution is -2.46. The van der Waals surface area contributed by atoms with Gasteiger partial charge in [0.05, 0.1) is 13.1 Å². The Balaban J connectivity index is 1.37. The number of halogens is 5. The Labute approximate surface area is 171 Å². The van der Waals surface area contributed by atoms with Crippen molar-refractivity contribution in [1.29, 1.82) is 0 Å². The summed E-state index contributed by atoms with van der Waals surface area (Å²) in [6, 6.07) is 0.135. The van der Waals surface area contributed by atoms with Gasteiger partial charge in [-0.05, 0) is 32.1 Å². The highest BCUT2D eigenvalue weighted by Crippen LogP contribution is 2.38. The molecule has 3 fully saturated rings. The predicted octanol–water partition coefficient (Wildman–Crippen LogP) is 3.38. The van der Waals surface area contributed by atoms with Crippen LogP contribution < -0.4 is 4.74 Å². The number of amides is 1. The highest BCUT2D eigenvalue weighted by molar-refractivity contribution is 5.78. The van der Waals surface area contributed by atoms with Crippen molar-refractivity contribution in [3.05, 3.63) is 29.1 Å². The van der Waals surface area contributed by atoms with Crippen molar-refractivity contribution < 1.29 is 31.5 Å². The average molecular weight is 428 g/mol. The van der Waals surface area contributed by atoms with Crippen molar-refractivity contribution in [3.63, 3.8) is 0 Å². The number of nitrogens with zero attached hydrogens (tertiary/aromatic N) is 2. The number of likely N-dealkylation sites (tertiary alicyclic amines) is 1. The van der Waals surface area contributed by atoms with E-state index in [9.17, 15) is 26.7 Å². The van der Waals surface area contributed by atoms with Crippen LogP contribution >= 0.6 is 0 Å². The fourth-order valence-electron chi connectivity index (χ4n) is 4.60. The first-order valence-electron chi connectivity index (χ1n) is 10.0. The highest BCUT2D eigenvalue weighted by Gasteiger charge is 2.42. The van der Waals surface area contributed by atoms with Gasteiger partial charge in [0.1, 0.15) is 6.10 Å². The van der Waals surface area contributed by atoms with Crippen LogP contribution in [0.1, 0.15) is 38.5 Å². The van der Waals surface area contributed by atoms with Crippen LogP contribution in [0.5, 0.6) is 5.75 Å². The summed E-state index contributed by atoms with van der Waals surface area (Å²) in [5.74, 6) is -5.06. The molecule has 0 N–H and O–H groups in total. The number of hydrogen-bond acceptors (Lipinski definition) is 3. The second-order valence-electron chi connectivity index (χ2n) is 7.94. The van der Waals surface area contributed by atoms with E-state index in [0.717, 1.165) is 25.8 Å². The minimum Gasteiger partial charge on any atom is -0.484 e. The minimum absolute atomic E-state index is 0.0673. The van der Waals surface area contributed by atoms with E-state index in [1.165, 1.54) is 0 Å². The largest absolute Gasteiger partial charge is 0.484 e. The van der Waals surface area contributed by atoms with Gasteiger partial charge in [0.2, 0.25) is 35.0 Å². The Kier molecular flexibility index (Phi) is 5.87. The number of piperidine rings is 1. The maximum atomic E-state index is 13.9. The van der Waals surface area contributed by atoms with Crippen molar-refractivity contribution >= 4 is 5.91 Å². The molecule has 4 rings (SSSR count). The Morgan fingerprint density at radius 1 is 0.867 bits per heavy atom. The summed E-state index contributed by atoms with van der Waals surface area (Å²) in [4.78, 5) is 15.5. The fraction of sp³-hybridized carbons (Fsp3) is 0.571. The molecule has 3 heterocycles. The van der Waals surface area contributed by atoms with Crippen LogP contribution in [-0.2, 0) is 4.79 Å². The summed E-state index contributed by atoms with van der Waals surface area (Å²) in [5.41, 5.74) is 0. The average Bonchev–Trinajstić information content (AvgIpc) is 3.24. The van der Waals surface area contributed by atoms with E-state index in [1.54, 1.807) is 4.90 Å². The molecule has 3 aliphatic rings. The molecule has 3 aliphatic heterocycles. The third-order valence-corrected chi connectivity index (χ3v) is 6.12. The van der Waals surface area contributed by atoms with Gasteiger partial charge >= 0.3 is 0 Å². The lowest BCUT2D eigenvalue weighted by atomic mass is 9.99. The lowest BCUT2D eigenvalue weighted by Gasteiger charge is -2.37. The van der Waals surface area contributed by atoms with Gasteiger partial charge in [-0.1, -0.05) is 11.8 Å². The van der Waals surface area contributed by atoms with Gasteiger partial charge in [-0.15, -0.1) is 0 Å². The Morgan fingerprint density at radius 2 is 1.43 bits per heavy atom. The number of rotatable bonds is 4. The van der Waals surface area contributed by atoms with Gasteiger partial charge in [-0.3, -0.25) is 9.69 Å². The maximum absolute atomic E-state index is 13.9. The van der Waals surface area contributed by atoms with E-state index >= 15 is 0 Å². The number of carbonyl (C=O) groups is 1. The second kappa shape index (κ2) is 8.42. The summed E-state index contributed by atoms with van der Waals surface area (Å²) in [6.07, 6.45) is 3.35.